The van der Waals surface area contributed by atoms with Crippen molar-refractivity contribution in [2.45, 2.75) is 104 Å². The van der Waals surface area contributed by atoms with Gasteiger partial charge in [-0.15, -0.1) is 0 Å². The van der Waals surface area contributed by atoms with E-state index in [4.69, 9.17) is 21.1 Å². The largest absolute Gasteiger partial charge is 0.494 e. The molecule has 0 aromatic heterocycles. The van der Waals surface area contributed by atoms with Gasteiger partial charge in [0.25, 0.3) is 0 Å². The molecule has 0 aliphatic heterocycles. The van der Waals surface area contributed by atoms with E-state index in [-0.39, 0.29) is 0 Å². The fourth-order valence-corrected chi connectivity index (χ4v) is 4.14. The van der Waals surface area contributed by atoms with Gasteiger partial charge < -0.3 is 9.47 Å². The highest BCUT2D eigenvalue weighted by Crippen LogP contribution is 2.32. The van der Waals surface area contributed by atoms with Crippen LogP contribution in [-0.2, 0) is 0 Å². The van der Waals surface area contributed by atoms with Crippen molar-refractivity contribution in [2.75, 3.05) is 13.2 Å². The molecule has 3 heteroatoms. The number of unbranched alkanes of at least 4 members (excludes halogenated alkanes) is 12. The van der Waals surface area contributed by atoms with Crippen LogP contribution in [0.5, 0.6) is 11.5 Å². The van der Waals surface area contributed by atoms with Crippen LogP contribution in [0.4, 0.5) is 0 Å². The summed E-state index contributed by atoms with van der Waals surface area (Å²) in [7, 11) is 0. The van der Waals surface area contributed by atoms with Gasteiger partial charge in [0.15, 0.2) is 0 Å². The molecule has 0 fully saturated rings. The first-order valence-electron chi connectivity index (χ1n) is 12.7. The molecule has 0 unspecified atom stereocenters. The van der Waals surface area contributed by atoms with E-state index in [9.17, 15) is 0 Å². The van der Waals surface area contributed by atoms with Gasteiger partial charge in [0.2, 0.25) is 0 Å². The van der Waals surface area contributed by atoms with E-state index in [0.29, 0.717) is 5.02 Å². The van der Waals surface area contributed by atoms with Gasteiger partial charge in [-0.25, -0.2) is 0 Å². The molecule has 31 heavy (non-hydrogen) atoms. The van der Waals surface area contributed by atoms with Crippen molar-refractivity contribution in [1.29, 1.82) is 0 Å². The van der Waals surface area contributed by atoms with Gasteiger partial charge in [0.1, 0.15) is 11.5 Å². The molecule has 2 aromatic rings. The molecule has 2 rings (SSSR count). The molecular weight excluding hydrogens is 404 g/mol. The first kappa shape index (κ1) is 25.8. The molecule has 0 bridgehead atoms. The summed E-state index contributed by atoms with van der Waals surface area (Å²) in [5.74, 6) is 1.71. The summed E-state index contributed by atoms with van der Waals surface area (Å²) >= 11 is 6.45. The Labute approximate surface area is 195 Å². The van der Waals surface area contributed by atoms with Crippen molar-refractivity contribution in [3.8, 4) is 11.5 Å². The molecule has 0 amide bonds. The van der Waals surface area contributed by atoms with Crippen LogP contribution in [0.25, 0.3) is 10.8 Å². The lowest BCUT2D eigenvalue weighted by molar-refractivity contribution is 0.304. The molecule has 0 radical (unpaired) electrons. The van der Waals surface area contributed by atoms with Crippen LogP contribution in [-0.4, -0.2) is 13.2 Å². The lowest BCUT2D eigenvalue weighted by atomic mass is 10.1. The van der Waals surface area contributed by atoms with Crippen LogP contribution in [0.1, 0.15) is 104 Å². The third-order valence-corrected chi connectivity index (χ3v) is 6.18. The fraction of sp³-hybridized carbons (Fsp3) is 0.643. The van der Waals surface area contributed by atoms with Crippen LogP contribution in [0.3, 0.4) is 0 Å². The highest BCUT2D eigenvalue weighted by Gasteiger charge is 2.06. The number of halogens is 1. The fourth-order valence-electron chi connectivity index (χ4n) is 3.92. The van der Waals surface area contributed by atoms with Gasteiger partial charge in [-0.3, -0.25) is 0 Å². The van der Waals surface area contributed by atoms with E-state index in [1.165, 1.54) is 77.0 Å². The average Bonchev–Trinajstić information content (AvgIpc) is 2.77. The van der Waals surface area contributed by atoms with E-state index in [2.05, 4.69) is 32.0 Å². The van der Waals surface area contributed by atoms with E-state index in [1.807, 2.05) is 12.1 Å². The van der Waals surface area contributed by atoms with Crippen molar-refractivity contribution >= 4 is 22.4 Å². The minimum atomic E-state index is 0.687. The summed E-state index contributed by atoms with van der Waals surface area (Å²) in [6.45, 7) is 6.03. The van der Waals surface area contributed by atoms with Crippen molar-refractivity contribution in [3.05, 3.63) is 35.4 Å². The van der Waals surface area contributed by atoms with Crippen LogP contribution < -0.4 is 9.47 Å². The topological polar surface area (TPSA) is 18.5 Å². The van der Waals surface area contributed by atoms with E-state index >= 15 is 0 Å². The molecule has 0 atom stereocenters. The van der Waals surface area contributed by atoms with Crippen molar-refractivity contribution in [2.24, 2.45) is 0 Å². The Morgan fingerprint density at radius 1 is 0.581 bits per heavy atom. The molecule has 0 heterocycles. The number of hydrogen-bond donors (Lipinski definition) is 0. The molecule has 0 saturated carbocycles. The summed E-state index contributed by atoms with van der Waals surface area (Å²) in [4.78, 5) is 0. The molecule has 0 N–H and O–H groups in total. The van der Waals surface area contributed by atoms with Gasteiger partial charge in [-0.1, -0.05) is 109 Å². The lowest BCUT2D eigenvalue weighted by Crippen LogP contribution is -1.99. The number of benzene rings is 2. The van der Waals surface area contributed by atoms with E-state index in [0.717, 1.165) is 48.3 Å². The number of ether oxygens (including phenoxy) is 2. The predicted molar refractivity (Wildman–Crippen MR) is 136 cm³/mol. The Kier molecular flexibility index (Phi) is 13.6. The van der Waals surface area contributed by atoms with Gasteiger partial charge in [-0.05, 0) is 47.9 Å². The Morgan fingerprint density at radius 2 is 1.13 bits per heavy atom. The molecule has 0 saturated heterocycles. The third kappa shape index (κ3) is 10.6. The number of fused-ring (bicyclic) bond motifs is 1. The maximum Gasteiger partial charge on any atom is 0.138 e. The molecule has 0 spiro atoms. The molecule has 0 aliphatic carbocycles. The van der Waals surface area contributed by atoms with Crippen LogP contribution in [0.15, 0.2) is 30.3 Å². The van der Waals surface area contributed by atoms with Crippen LogP contribution >= 0.6 is 11.6 Å². The Morgan fingerprint density at radius 3 is 1.74 bits per heavy atom. The van der Waals surface area contributed by atoms with Crippen molar-refractivity contribution < 1.29 is 9.47 Å². The van der Waals surface area contributed by atoms with E-state index < -0.39 is 0 Å². The summed E-state index contributed by atoms with van der Waals surface area (Å²) in [6, 6.07) is 10.3. The Hall–Kier alpha value is -1.41. The second-order valence-electron chi connectivity index (χ2n) is 8.73. The summed E-state index contributed by atoms with van der Waals surface area (Å²) < 4.78 is 12.0. The lowest BCUT2D eigenvalue weighted by Gasteiger charge is -2.11. The van der Waals surface area contributed by atoms with Crippen molar-refractivity contribution in [1.82, 2.24) is 0 Å². The monoisotopic (exact) mass is 446 g/mol. The quantitative estimate of drug-likeness (QED) is 0.212. The maximum atomic E-state index is 6.45. The Bertz CT molecular complexity index is 728. The zero-order chi connectivity index (χ0) is 22.2. The highest BCUT2D eigenvalue weighted by molar-refractivity contribution is 6.32. The minimum absolute atomic E-state index is 0.687. The second kappa shape index (κ2) is 16.3. The normalized spacial score (nSPS) is 11.2. The Balaban J connectivity index is 1.74. The first-order valence-corrected chi connectivity index (χ1v) is 13.1. The van der Waals surface area contributed by atoms with Crippen molar-refractivity contribution in [3.63, 3.8) is 0 Å². The zero-order valence-electron chi connectivity index (χ0n) is 19.9. The zero-order valence-corrected chi connectivity index (χ0v) is 20.7. The molecule has 2 nitrogen and oxygen atoms in total. The standard InChI is InChI=1S/C28H43ClO2/c1-3-5-7-9-11-13-15-19-30-26-18-17-24-22-27(29)28(23-25(24)21-26)31-20-16-14-12-10-8-6-4-2/h17-18,21-23H,3-16,19-20H2,1-2H3. The predicted octanol–water partition coefficient (Wildman–Crippen LogP) is 9.75. The highest BCUT2D eigenvalue weighted by atomic mass is 35.5. The maximum absolute atomic E-state index is 6.45. The smallest absolute Gasteiger partial charge is 0.138 e. The van der Waals surface area contributed by atoms with Crippen LogP contribution in [0, 0.1) is 0 Å². The van der Waals surface area contributed by atoms with Gasteiger partial charge >= 0.3 is 0 Å². The van der Waals surface area contributed by atoms with Crippen LogP contribution in [0.2, 0.25) is 5.02 Å². The third-order valence-electron chi connectivity index (χ3n) is 5.88. The first-order chi connectivity index (χ1) is 15.2. The minimum Gasteiger partial charge on any atom is -0.494 e. The summed E-state index contributed by atoms with van der Waals surface area (Å²) in [6.07, 6.45) is 18.1. The average molecular weight is 447 g/mol. The summed E-state index contributed by atoms with van der Waals surface area (Å²) in [5, 5.41) is 2.93. The summed E-state index contributed by atoms with van der Waals surface area (Å²) in [5.41, 5.74) is 0. The van der Waals surface area contributed by atoms with Gasteiger partial charge in [-0.2, -0.15) is 0 Å². The molecule has 174 valence electrons. The van der Waals surface area contributed by atoms with Gasteiger partial charge in [0, 0.05) is 0 Å². The molecular formula is C28H43ClO2. The van der Waals surface area contributed by atoms with E-state index in [1.54, 1.807) is 0 Å². The number of rotatable bonds is 18. The second-order valence-corrected chi connectivity index (χ2v) is 9.14. The number of hydrogen-bond acceptors (Lipinski definition) is 2. The molecule has 2 aromatic carbocycles. The molecule has 0 aliphatic rings. The SMILES string of the molecule is CCCCCCCCCOc1ccc2cc(Cl)c(OCCCCCCCCC)cc2c1. The van der Waals surface area contributed by atoms with Gasteiger partial charge in [0.05, 0.1) is 18.2 Å².